The maximum atomic E-state index is 13.1. The van der Waals surface area contributed by atoms with Crippen molar-refractivity contribution in [3.63, 3.8) is 0 Å². The molecule has 53 heavy (non-hydrogen) atoms. The molecule has 0 saturated carbocycles. The number of aryl methyl sites for hydroxylation is 3. The molecule has 1 atom stereocenters. The van der Waals surface area contributed by atoms with Gasteiger partial charge in [0.05, 0.1) is 39.6 Å². The van der Waals surface area contributed by atoms with Gasteiger partial charge in [-0.2, -0.15) is 0 Å². The van der Waals surface area contributed by atoms with E-state index in [1.54, 1.807) is 33.2 Å². The topological polar surface area (TPSA) is 132 Å². The number of ether oxygens (including phenoxy) is 1. The number of benzene rings is 2. The highest BCUT2D eigenvalue weighted by Crippen LogP contribution is 2.43. The van der Waals surface area contributed by atoms with Gasteiger partial charge in [-0.15, -0.1) is 0 Å². The lowest BCUT2D eigenvalue weighted by Crippen LogP contribution is -2.43. The van der Waals surface area contributed by atoms with Crippen LogP contribution < -0.4 is 31.9 Å². The Balaban J connectivity index is 0.000000340. The largest absolute Gasteiger partial charge is 0.481 e. The monoisotopic (exact) mass is 757 g/mol. The fourth-order valence-electron chi connectivity index (χ4n) is 7.40. The van der Waals surface area contributed by atoms with Crippen LogP contribution in [0.25, 0.3) is 33.3 Å². The third kappa shape index (κ3) is 7.30. The zero-order chi connectivity index (χ0) is 38.0. The molecule has 3 N–H and O–H groups in total. The minimum Gasteiger partial charge on any atom is -0.481 e. The first-order valence-corrected chi connectivity index (χ1v) is 18.8. The number of halogens is 2. The molecule has 1 unspecified atom stereocenters. The highest BCUT2D eigenvalue weighted by Gasteiger charge is 2.39. The van der Waals surface area contributed by atoms with Gasteiger partial charge in [0.15, 0.2) is 0 Å². The average Bonchev–Trinajstić information content (AvgIpc) is 3.93. The van der Waals surface area contributed by atoms with Crippen LogP contribution in [0.4, 0.5) is 11.5 Å². The number of aromatic nitrogens is 4. The minimum absolute atomic E-state index is 0.150. The van der Waals surface area contributed by atoms with Crippen molar-refractivity contribution < 1.29 is 9.53 Å². The number of nitrogens with zero attached hydrogens (tertiary/aromatic N) is 4. The van der Waals surface area contributed by atoms with Gasteiger partial charge >= 0.3 is 5.69 Å². The van der Waals surface area contributed by atoms with E-state index >= 15 is 0 Å². The van der Waals surface area contributed by atoms with Crippen molar-refractivity contribution >= 4 is 51.5 Å². The molecule has 2 saturated heterocycles. The first-order chi connectivity index (χ1) is 25.5. The standard InChI is InChI=1S/C31H27Cl2N5O3.C7H12N2O.C2H6/c1-16-14-24-25(30(39)38(3)31(40)37(24)2)28(34-16)35-22-13-7-11-20(27(22)33)19-10-6-12-21(26(19)32)23-15-17-8-5-9-18(17)29(36-23)41-4;10-6-1-2-7(9-6)3-4-8-5-7;1-2/h6-7,10-15H,5,8-9H2,1-4H3,(H,34,35);8H,1-5H2,(H,9,10);1-2H3. The Morgan fingerprint density at radius 1 is 0.887 bits per heavy atom. The van der Waals surface area contributed by atoms with Gasteiger partial charge in [-0.1, -0.05) is 67.4 Å². The van der Waals surface area contributed by atoms with Crippen molar-refractivity contribution in [2.45, 2.75) is 64.8 Å². The Morgan fingerprint density at radius 3 is 2.28 bits per heavy atom. The number of carbonyl (C=O) groups is 1. The number of carbonyl (C=O) groups excluding carboxylic acids is 1. The number of fused-ring (bicyclic) bond motifs is 2. The van der Waals surface area contributed by atoms with Gasteiger partial charge in [-0.3, -0.25) is 18.7 Å². The molecule has 0 radical (unpaired) electrons. The van der Waals surface area contributed by atoms with Crippen LogP contribution in [-0.4, -0.2) is 50.7 Å². The quantitative estimate of drug-likeness (QED) is 0.177. The van der Waals surface area contributed by atoms with E-state index in [1.165, 1.54) is 17.2 Å². The van der Waals surface area contributed by atoms with Crippen LogP contribution >= 0.6 is 23.2 Å². The molecule has 278 valence electrons. The van der Waals surface area contributed by atoms with Crippen LogP contribution in [0.1, 0.15) is 56.4 Å². The van der Waals surface area contributed by atoms with Gasteiger partial charge < -0.3 is 20.7 Å². The van der Waals surface area contributed by atoms with E-state index in [4.69, 9.17) is 32.9 Å². The first-order valence-electron chi connectivity index (χ1n) is 18.0. The summed E-state index contributed by atoms with van der Waals surface area (Å²) >= 11 is 14.0. The second-order valence-electron chi connectivity index (χ2n) is 13.4. The highest BCUT2D eigenvalue weighted by atomic mass is 35.5. The summed E-state index contributed by atoms with van der Waals surface area (Å²) in [5, 5.41) is 10.7. The number of hydrogen-bond acceptors (Lipinski definition) is 8. The molecule has 0 bridgehead atoms. The molecule has 1 spiro atoms. The molecule has 2 fully saturated rings. The molecule has 2 aromatic carbocycles. The third-order valence-electron chi connectivity index (χ3n) is 10.1. The van der Waals surface area contributed by atoms with Crippen LogP contribution in [0.3, 0.4) is 0 Å². The zero-order valence-corrected chi connectivity index (χ0v) is 32.5. The molecule has 5 aromatic rings. The molecular weight excluding hydrogens is 713 g/mol. The Bertz CT molecular complexity index is 2330. The van der Waals surface area contributed by atoms with Gasteiger partial charge in [0, 0.05) is 55.0 Å². The Morgan fingerprint density at radius 2 is 1.60 bits per heavy atom. The van der Waals surface area contributed by atoms with Crippen LogP contribution in [0.15, 0.2) is 58.1 Å². The van der Waals surface area contributed by atoms with Crippen LogP contribution in [0.5, 0.6) is 5.88 Å². The maximum absolute atomic E-state index is 13.1. The Hall–Kier alpha value is -4.71. The predicted octanol–water partition coefficient (Wildman–Crippen LogP) is 6.87. The zero-order valence-electron chi connectivity index (χ0n) is 31.0. The van der Waals surface area contributed by atoms with E-state index in [1.807, 2.05) is 44.2 Å². The van der Waals surface area contributed by atoms with E-state index in [2.05, 4.69) is 27.0 Å². The summed E-state index contributed by atoms with van der Waals surface area (Å²) in [4.78, 5) is 45.9. The number of anilines is 2. The lowest BCUT2D eigenvalue weighted by molar-refractivity contribution is -0.119. The predicted molar refractivity (Wildman–Crippen MR) is 213 cm³/mol. The summed E-state index contributed by atoms with van der Waals surface area (Å²) in [5.74, 6) is 1.18. The average molecular weight is 759 g/mol. The molecule has 5 heterocycles. The van der Waals surface area contributed by atoms with E-state index in [-0.39, 0.29) is 11.4 Å². The summed E-state index contributed by atoms with van der Waals surface area (Å²) in [6, 6.07) is 15.1. The highest BCUT2D eigenvalue weighted by molar-refractivity contribution is 6.39. The fourth-order valence-corrected chi connectivity index (χ4v) is 7.99. The second kappa shape index (κ2) is 15.7. The summed E-state index contributed by atoms with van der Waals surface area (Å²) < 4.78 is 8.10. The molecule has 11 nitrogen and oxygen atoms in total. The lowest BCUT2D eigenvalue weighted by Gasteiger charge is -2.20. The van der Waals surface area contributed by atoms with Gasteiger partial charge in [-0.05, 0) is 69.3 Å². The molecule has 1 amide bonds. The summed E-state index contributed by atoms with van der Waals surface area (Å²) in [5.41, 5.74) is 6.32. The number of nitrogens with one attached hydrogen (secondary N) is 3. The number of amides is 1. The molecule has 3 aromatic heterocycles. The van der Waals surface area contributed by atoms with E-state index in [9.17, 15) is 14.4 Å². The number of rotatable bonds is 5. The van der Waals surface area contributed by atoms with E-state index < -0.39 is 11.2 Å². The molecule has 8 rings (SSSR count). The Kier molecular flexibility index (Phi) is 11.3. The minimum atomic E-state index is -0.446. The summed E-state index contributed by atoms with van der Waals surface area (Å²) in [7, 11) is 4.71. The first kappa shape index (κ1) is 38.0. The van der Waals surface area contributed by atoms with Gasteiger partial charge in [-0.25, -0.2) is 14.8 Å². The molecule has 1 aliphatic carbocycles. The number of pyridine rings is 2. The fraction of sp³-hybridized carbons (Fsp3) is 0.375. The van der Waals surface area contributed by atoms with Gasteiger partial charge in [0.2, 0.25) is 11.8 Å². The Labute approximate surface area is 318 Å². The maximum Gasteiger partial charge on any atom is 0.330 e. The van der Waals surface area contributed by atoms with Crippen molar-refractivity contribution in [1.29, 1.82) is 0 Å². The van der Waals surface area contributed by atoms with E-state index in [0.29, 0.717) is 49.6 Å². The molecule has 13 heteroatoms. The van der Waals surface area contributed by atoms with Crippen LogP contribution in [-0.2, 0) is 31.7 Å². The molecule has 2 aliphatic heterocycles. The normalized spacial score (nSPS) is 17.2. The van der Waals surface area contributed by atoms with Crippen molar-refractivity contribution in [1.82, 2.24) is 29.7 Å². The van der Waals surface area contributed by atoms with Crippen molar-refractivity contribution in [2.24, 2.45) is 14.1 Å². The lowest BCUT2D eigenvalue weighted by atomic mass is 9.97. The third-order valence-corrected chi connectivity index (χ3v) is 10.9. The smallest absolute Gasteiger partial charge is 0.330 e. The van der Waals surface area contributed by atoms with Gasteiger partial charge in [0.1, 0.15) is 11.2 Å². The van der Waals surface area contributed by atoms with Crippen molar-refractivity contribution in [2.75, 3.05) is 25.5 Å². The summed E-state index contributed by atoms with van der Waals surface area (Å²) in [6.45, 7) is 7.83. The number of methoxy groups -OCH3 is 1. The summed E-state index contributed by atoms with van der Waals surface area (Å²) in [6.07, 6.45) is 5.88. The van der Waals surface area contributed by atoms with Crippen molar-refractivity contribution in [3.05, 3.63) is 96.2 Å². The van der Waals surface area contributed by atoms with Crippen LogP contribution in [0.2, 0.25) is 10.0 Å². The molecule has 3 aliphatic rings. The number of hydrogen-bond donors (Lipinski definition) is 3. The van der Waals surface area contributed by atoms with Gasteiger partial charge in [0.25, 0.3) is 5.56 Å². The molecular formula is C40H45Cl2N7O4. The second-order valence-corrected chi connectivity index (χ2v) is 14.2. The van der Waals surface area contributed by atoms with Crippen molar-refractivity contribution in [3.8, 4) is 28.3 Å². The van der Waals surface area contributed by atoms with Crippen LogP contribution in [0, 0.1) is 6.92 Å². The van der Waals surface area contributed by atoms with E-state index in [0.717, 1.165) is 78.6 Å². The SMILES string of the molecule is CC.COc1nc(-c2cccc(-c3cccc(Nc4nc(C)cc5c4c(=O)n(C)c(=O)n5C)c3Cl)c2Cl)cc2c1CCC2.O=C1CCC2(CCNC2)N1.